The number of amidine groups is 1. The molecule has 3 amide bonds. The largest absolute Gasteiger partial charge is 0.309 e. The summed E-state index contributed by atoms with van der Waals surface area (Å²) in [6.45, 7) is 4.93. The highest BCUT2D eigenvalue weighted by Crippen LogP contribution is 2.54. The number of amides is 3. The molecule has 0 aromatic heterocycles. The summed E-state index contributed by atoms with van der Waals surface area (Å²) < 4.78 is 13.9. The van der Waals surface area contributed by atoms with E-state index in [1.165, 1.54) is 36.9 Å². The molecule has 1 spiro atoms. The topological polar surface area (TPSA) is 82.1 Å². The lowest BCUT2D eigenvalue weighted by molar-refractivity contribution is -0.139. The highest BCUT2D eigenvalue weighted by Gasteiger charge is 2.61. The van der Waals surface area contributed by atoms with Crippen molar-refractivity contribution in [1.82, 2.24) is 10.3 Å². The van der Waals surface area contributed by atoms with Crippen LogP contribution in [0.4, 0.5) is 10.1 Å². The zero-order valence-corrected chi connectivity index (χ0v) is 14.8. The van der Waals surface area contributed by atoms with Gasteiger partial charge in [-0.25, -0.2) is 4.39 Å². The first-order chi connectivity index (χ1) is 11.8. The van der Waals surface area contributed by atoms with Gasteiger partial charge in [0.2, 0.25) is 16.7 Å². The molecule has 0 saturated heterocycles. The number of hydrogen-bond donors (Lipinski definition) is 1. The van der Waals surface area contributed by atoms with Crippen LogP contribution >= 0.6 is 11.8 Å². The van der Waals surface area contributed by atoms with E-state index >= 15 is 0 Å². The number of thioether (sulfide) groups is 1. The fraction of sp³-hybridized carbons (Fsp3) is 0.375. The highest BCUT2D eigenvalue weighted by atomic mass is 32.2. The Balaban J connectivity index is 2.17. The van der Waals surface area contributed by atoms with Crippen LogP contribution in [0, 0.1) is 5.82 Å². The number of nitrogens with one attached hydrogen (secondary N) is 1. The number of hydrazone groups is 1. The van der Waals surface area contributed by atoms with Gasteiger partial charge in [-0.3, -0.25) is 14.4 Å². The van der Waals surface area contributed by atoms with Crippen LogP contribution in [0.15, 0.2) is 23.3 Å². The van der Waals surface area contributed by atoms with Gasteiger partial charge in [-0.1, -0.05) is 6.92 Å². The van der Waals surface area contributed by atoms with Gasteiger partial charge in [-0.15, -0.1) is 5.10 Å². The molecule has 1 atom stereocenters. The zero-order valence-electron chi connectivity index (χ0n) is 14.0. The number of rotatable bonds is 2. The molecule has 1 aromatic rings. The molecule has 0 radical (unpaired) electrons. The summed E-state index contributed by atoms with van der Waals surface area (Å²) in [5.41, 5.74) is 0.904. The normalized spacial score (nSPS) is 21.6. The molecule has 2 aliphatic rings. The van der Waals surface area contributed by atoms with E-state index in [0.717, 1.165) is 16.8 Å². The molecule has 1 N–H and O–H groups in total. The molecule has 0 fully saturated rings. The van der Waals surface area contributed by atoms with E-state index in [1.807, 2.05) is 6.92 Å². The summed E-state index contributed by atoms with van der Waals surface area (Å²) in [5, 5.41) is 7.76. The van der Waals surface area contributed by atoms with Crippen LogP contribution in [0.3, 0.4) is 0 Å². The number of halogens is 1. The minimum atomic E-state index is -1.53. The predicted molar refractivity (Wildman–Crippen MR) is 92.1 cm³/mol. The molecule has 7 nitrogen and oxygen atoms in total. The van der Waals surface area contributed by atoms with Crippen molar-refractivity contribution in [1.29, 1.82) is 0 Å². The summed E-state index contributed by atoms with van der Waals surface area (Å²) in [7, 11) is 0. The van der Waals surface area contributed by atoms with Crippen molar-refractivity contribution in [2.24, 2.45) is 5.10 Å². The van der Waals surface area contributed by atoms with E-state index in [0.29, 0.717) is 24.2 Å². The second-order valence-electron chi connectivity index (χ2n) is 5.78. The number of nitrogens with zero attached hydrogens (tertiary/aromatic N) is 3. The van der Waals surface area contributed by atoms with Gasteiger partial charge in [0.05, 0.1) is 5.69 Å². The summed E-state index contributed by atoms with van der Waals surface area (Å²) in [6.07, 6.45) is 0.697. The Morgan fingerprint density at radius 2 is 2.08 bits per heavy atom. The third kappa shape index (κ3) is 2.58. The molecule has 0 unspecified atom stereocenters. The van der Waals surface area contributed by atoms with Crippen LogP contribution in [0.5, 0.6) is 0 Å². The average Bonchev–Trinajstić information content (AvgIpc) is 3.00. The highest BCUT2D eigenvalue weighted by molar-refractivity contribution is 8.15. The molecular weight excluding hydrogens is 347 g/mol. The maximum atomic E-state index is 13.9. The van der Waals surface area contributed by atoms with Gasteiger partial charge in [-0.05, 0) is 36.4 Å². The van der Waals surface area contributed by atoms with Gasteiger partial charge < -0.3 is 10.2 Å². The van der Waals surface area contributed by atoms with Gasteiger partial charge in [0.15, 0.2) is 5.17 Å². The molecular formula is C16H17FN4O3S. The Bertz CT molecular complexity index is 813. The summed E-state index contributed by atoms with van der Waals surface area (Å²) in [6, 6.07) is 4.06. The van der Waals surface area contributed by atoms with Crippen LogP contribution in [0.2, 0.25) is 0 Å². The van der Waals surface area contributed by atoms with Crippen molar-refractivity contribution >= 4 is 40.3 Å². The minimum Gasteiger partial charge on any atom is -0.309 e. The van der Waals surface area contributed by atoms with Crippen LogP contribution < -0.4 is 10.2 Å². The number of carbonyl (C=O) groups excluding carboxylic acids is 3. The first kappa shape index (κ1) is 17.4. The maximum Gasteiger partial charge on any atom is 0.270 e. The van der Waals surface area contributed by atoms with E-state index in [4.69, 9.17) is 0 Å². The molecule has 3 rings (SSSR count). The molecule has 2 aliphatic heterocycles. The zero-order chi connectivity index (χ0) is 18.4. The smallest absolute Gasteiger partial charge is 0.270 e. The Morgan fingerprint density at radius 1 is 1.36 bits per heavy atom. The Kier molecular flexibility index (Phi) is 4.28. The molecule has 0 bridgehead atoms. The minimum absolute atomic E-state index is 0.129. The number of anilines is 1. The van der Waals surface area contributed by atoms with Crippen molar-refractivity contribution < 1.29 is 18.8 Å². The van der Waals surface area contributed by atoms with E-state index in [2.05, 4.69) is 10.4 Å². The van der Waals surface area contributed by atoms with Gasteiger partial charge in [-0.2, -0.15) is 5.01 Å². The maximum absolute atomic E-state index is 13.9. The Morgan fingerprint density at radius 3 is 2.68 bits per heavy atom. The number of benzene rings is 1. The first-order valence-electron chi connectivity index (χ1n) is 7.79. The quantitative estimate of drug-likeness (QED) is 0.867. The van der Waals surface area contributed by atoms with Crippen LogP contribution in [0.25, 0.3) is 0 Å². The van der Waals surface area contributed by atoms with E-state index in [-0.39, 0.29) is 17.0 Å². The molecule has 2 heterocycles. The van der Waals surface area contributed by atoms with Crippen molar-refractivity contribution in [3.8, 4) is 0 Å². The molecule has 0 saturated carbocycles. The van der Waals surface area contributed by atoms with Gasteiger partial charge >= 0.3 is 0 Å². The Labute approximate surface area is 148 Å². The molecule has 9 heteroatoms. The monoisotopic (exact) mass is 364 g/mol. The first-order valence-corrected chi connectivity index (χ1v) is 8.61. The molecule has 25 heavy (non-hydrogen) atoms. The summed E-state index contributed by atoms with van der Waals surface area (Å²) in [5.74, 6) is -1.74. The SMILES string of the molecule is CCCN1C(=O)[C@@]2(SC(NC(C)=O)=NN2C(C)=O)c2cc(F)ccc21. The van der Waals surface area contributed by atoms with Crippen molar-refractivity contribution in [3.63, 3.8) is 0 Å². The van der Waals surface area contributed by atoms with Crippen molar-refractivity contribution in [3.05, 3.63) is 29.6 Å². The predicted octanol–water partition coefficient (Wildman–Crippen LogP) is 1.74. The summed E-state index contributed by atoms with van der Waals surface area (Å²) >= 11 is 0.940. The van der Waals surface area contributed by atoms with E-state index in [1.54, 1.807) is 0 Å². The van der Waals surface area contributed by atoms with Crippen molar-refractivity contribution in [2.75, 3.05) is 11.4 Å². The standard InChI is InChI=1S/C16H17FN4O3S/c1-4-7-20-13-6-5-11(17)8-12(13)16(14(20)24)21(10(3)23)19-15(25-16)18-9(2)22/h5-6,8H,4,7H2,1-3H3,(H,18,19,22)/t16-/m0/s1. The number of hydrogen-bond acceptors (Lipinski definition) is 5. The third-order valence-electron chi connectivity index (χ3n) is 3.91. The van der Waals surface area contributed by atoms with Gasteiger partial charge in [0.25, 0.3) is 5.91 Å². The second-order valence-corrected chi connectivity index (χ2v) is 6.96. The third-order valence-corrected chi connectivity index (χ3v) is 5.15. The average molecular weight is 364 g/mol. The van der Waals surface area contributed by atoms with Crippen LogP contribution in [-0.4, -0.2) is 34.4 Å². The lowest BCUT2D eigenvalue weighted by Crippen LogP contribution is -2.48. The molecule has 0 aliphatic carbocycles. The summed E-state index contributed by atoms with van der Waals surface area (Å²) in [4.78, 5) is 36.8. The van der Waals surface area contributed by atoms with E-state index < -0.39 is 16.6 Å². The van der Waals surface area contributed by atoms with Gasteiger partial charge in [0.1, 0.15) is 5.82 Å². The molecule has 1 aromatic carbocycles. The van der Waals surface area contributed by atoms with Crippen molar-refractivity contribution in [2.45, 2.75) is 32.1 Å². The molecule has 132 valence electrons. The van der Waals surface area contributed by atoms with E-state index in [9.17, 15) is 18.8 Å². The number of carbonyl (C=O) groups is 3. The second kappa shape index (κ2) is 6.14. The fourth-order valence-corrected chi connectivity index (χ4v) is 4.35. The van der Waals surface area contributed by atoms with Gasteiger partial charge in [0, 0.05) is 26.0 Å². The Hall–Kier alpha value is -2.42. The fourth-order valence-electron chi connectivity index (χ4n) is 3.03. The lowest BCUT2D eigenvalue weighted by atomic mass is 10.1. The van der Waals surface area contributed by atoms with Crippen LogP contribution in [0.1, 0.15) is 32.8 Å². The number of fused-ring (bicyclic) bond motifs is 2. The lowest BCUT2D eigenvalue weighted by Gasteiger charge is -2.29. The van der Waals surface area contributed by atoms with Crippen LogP contribution in [-0.2, 0) is 19.3 Å².